The van der Waals surface area contributed by atoms with Crippen molar-refractivity contribution in [3.8, 4) is 5.88 Å². The molecular weight excluding hydrogens is 695 g/mol. The summed E-state index contributed by atoms with van der Waals surface area (Å²) >= 11 is 0. The molecule has 1 N–H and O–H groups in total. The predicted molar refractivity (Wildman–Crippen MR) is 201 cm³/mol. The molecule has 0 spiro atoms. The number of aryl methyl sites for hydroxylation is 2. The minimum atomic E-state index is -3.81. The van der Waals surface area contributed by atoms with Crippen LogP contribution in [-0.2, 0) is 46.8 Å². The maximum Gasteiger partial charge on any atom is 0.306 e. The topological polar surface area (TPSA) is 149 Å². The number of carbonyl (C=O) groups is 4. The number of sulfonamides is 1. The Morgan fingerprint density at radius 2 is 1.83 bits per heavy atom. The molecule has 1 aromatic carbocycles. The lowest BCUT2D eigenvalue weighted by Crippen LogP contribution is -2.48. The van der Waals surface area contributed by atoms with E-state index in [4.69, 9.17) is 14.5 Å². The van der Waals surface area contributed by atoms with Crippen molar-refractivity contribution in [3.05, 3.63) is 35.5 Å². The van der Waals surface area contributed by atoms with E-state index in [1.54, 1.807) is 0 Å². The molecule has 2 aliphatic carbocycles. The average molecular weight is 752 g/mol. The van der Waals surface area contributed by atoms with Crippen molar-refractivity contribution in [2.24, 2.45) is 28.1 Å². The van der Waals surface area contributed by atoms with Gasteiger partial charge in [-0.1, -0.05) is 67.0 Å². The molecule has 3 heterocycles. The van der Waals surface area contributed by atoms with Gasteiger partial charge in [0.25, 0.3) is 0 Å². The number of nitrogens with one attached hydrogen (secondary N) is 1. The smallest absolute Gasteiger partial charge is 0.306 e. The highest BCUT2D eigenvalue weighted by molar-refractivity contribution is 7.90. The number of benzene rings is 1. The molecule has 4 aliphatic rings. The first-order valence-corrected chi connectivity index (χ1v) is 21.0. The number of hydrogen-bond acceptors (Lipinski definition) is 9. The second-order valence-electron chi connectivity index (χ2n) is 17.9. The molecule has 53 heavy (non-hydrogen) atoms. The summed E-state index contributed by atoms with van der Waals surface area (Å²) in [5.74, 6) is -2.26. The molecule has 4 bridgehead atoms. The quantitative estimate of drug-likeness (QED) is 0.317. The average Bonchev–Trinajstić information content (AvgIpc) is 4.02. The third-order valence-electron chi connectivity index (χ3n) is 12.1. The second-order valence-corrected chi connectivity index (χ2v) is 19.9. The summed E-state index contributed by atoms with van der Waals surface area (Å²) in [5.41, 5.74) is 0.153. The number of fused-ring (bicyclic) bond motifs is 3. The minimum Gasteiger partial charge on any atom is -0.472 e. The lowest BCUT2D eigenvalue weighted by Gasteiger charge is -2.35. The van der Waals surface area contributed by atoms with Gasteiger partial charge >= 0.3 is 5.97 Å². The Hall–Kier alpha value is -3.54. The van der Waals surface area contributed by atoms with Crippen LogP contribution in [0.4, 0.5) is 0 Å². The molecule has 12 heteroatoms. The largest absolute Gasteiger partial charge is 0.472 e. The number of ketones is 1. The molecule has 5 atom stereocenters. The molecule has 0 radical (unpaired) electrons. The highest BCUT2D eigenvalue weighted by Gasteiger charge is 2.62. The van der Waals surface area contributed by atoms with E-state index >= 15 is 0 Å². The van der Waals surface area contributed by atoms with Gasteiger partial charge < -0.3 is 14.4 Å². The van der Waals surface area contributed by atoms with Crippen molar-refractivity contribution in [1.82, 2.24) is 14.6 Å². The number of nitrogens with zero attached hydrogens (tertiary/aromatic N) is 2. The van der Waals surface area contributed by atoms with Crippen molar-refractivity contribution < 1.29 is 37.1 Å². The van der Waals surface area contributed by atoms with Gasteiger partial charge in [-0.15, -0.1) is 0 Å². The molecule has 6 rings (SSSR count). The Morgan fingerprint density at radius 3 is 2.47 bits per heavy atom. The Morgan fingerprint density at radius 1 is 1.09 bits per heavy atom. The summed E-state index contributed by atoms with van der Waals surface area (Å²) in [5, 5.41) is 1.35. The van der Waals surface area contributed by atoms with Crippen LogP contribution in [0.25, 0.3) is 10.8 Å². The van der Waals surface area contributed by atoms with E-state index in [2.05, 4.69) is 43.7 Å². The Labute approximate surface area is 314 Å². The lowest BCUT2D eigenvalue weighted by molar-refractivity contribution is -0.155. The van der Waals surface area contributed by atoms with Crippen LogP contribution in [0.15, 0.2) is 24.4 Å². The Kier molecular flexibility index (Phi) is 10.8. The third-order valence-corrected chi connectivity index (χ3v) is 13.9. The third kappa shape index (κ3) is 8.42. The zero-order valence-electron chi connectivity index (χ0n) is 32.5. The van der Waals surface area contributed by atoms with Gasteiger partial charge in [-0.3, -0.25) is 23.9 Å². The molecule has 1 saturated heterocycles. The number of pyridine rings is 1. The van der Waals surface area contributed by atoms with Crippen LogP contribution in [0.2, 0.25) is 0 Å². The van der Waals surface area contributed by atoms with E-state index in [1.807, 2.05) is 33.9 Å². The summed E-state index contributed by atoms with van der Waals surface area (Å²) in [6.45, 7) is 14.2. The normalized spacial score (nSPS) is 28.2. The first kappa shape index (κ1) is 39.2. The van der Waals surface area contributed by atoms with Crippen LogP contribution in [-0.4, -0.2) is 72.4 Å². The fraction of sp³-hybridized carbons (Fsp3) is 0.683. The van der Waals surface area contributed by atoms with Gasteiger partial charge in [0.05, 0.1) is 42.2 Å². The molecule has 2 amide bonds. The van der Waals surface area contributed by atoms with Crippen LogP contribution < -0.4 is 9.46 Å². The van der Waals surface area contributed by atoms with Crippen LogP contribution in [0, 0.1) is 28.1 Å². The molecule has 2 aliphatic heterocycles. The van der Waals surface area contributed by atoms with Crippen LogP contribution in [0.1, 0.15) is 117 Å². The fourth-order valence-electron chi connectivity index (χ4n) is 8.37. The summed E-state index contributed by atoms with van der Waals surface area (Å²) in [4.78, 5) is 62.5. The molecule has 2 aromatic rings. The van der Waals surface area contributed by atoms with Crippen molar-refractivity contribution in [1.29, 1.82) is 0 Å². The van der Waals surface area contributed by atoms with Crippen molar-refractivity contribution in [2.45, 2.75) is 136 Å². The number of carbonyl (C=O) groups excluding carboxylic acids is 4. The molecule has 11 nitrogen and oxygen atoms in total. The Balaban J connectivity index is 1.36. The predicted octanol–water partition coefficient (Wildman–Crippen LogP) is 6.09. The molecule has 290 valence electrons. The van der Waals surface area contributed by atoms with Gasteiger partial charge in [0.1, 0.15) is 6.10 Å². The maximum atomic E-state index is 14.7. The van der Waals surface area contributed by atoms with Gasteiger partial charge in [-0.2, -0.15) is 0 Å². The second kappa shape index (κ2) is 14.6. The first-order valence-electron chi connectivity index (χ1n) is 19.5. The Bertz CT molecular complexity index is 1880. The summed E-state index contributed by atoms with van der Waals surface area (Å²) in [6.07, 6.45) is 6.46. The number of aromatic nitrogens is 1. The number of rotatable bonds is 8. The standard InChI is InChI=1S/C41H57N3O8S/c1-8-26-22-42-36-31-17-25(12-15-30(26)31)11-10-16-40(6,7)24-51-35(46)19-32(39(3,4)5)37(47)44-23-28(52-36)18-33(44)34(45)21-41(20-27(41)9-2)38(48)43-53(49,50)29-13-14-29/h12,15,17,22,27-29,32-33H,8-11,13-14,16,18-21,23-24H2,1-7H3,(H,43,48)/t27-,28-,32+,33?,41+/m0/s1. The summed E-state index contributed by atoms with van der Waals surface area (Å²) in [6, 6.07) is 5.44. The van der Waals surface area contributed by atoms with Gasteiger partial charge in [0.15, 0.2) is 5.78 Å². The molecule has 1 aromatic heterocycles. The van der Waals surface area contributed by atoms with Crippen LogP contribution in [0.5, 0.6) is 5.88 Å². The minimum absolute atomic E-state index is 0.0920. The molecule has 2 saturated carbocycles. The number of ether oxygens (including phenoxy) is 2. The highest BCUT2D eigenvalue weighted by atomic mass is 32.2. The number of Topliss-reactive ketones (excluding diaryl/α,β-unsaturated/α-hetero) is 1. The van der Waals surface area contributed by atoms with Gasteiger partial charge in [-0.05, 0) is 84.3 Å². The zero-order valence-corrected chi connectivity index (χ0v) is 33.3. The molecule has 1 unspecified atom stereocenters. The molecular formula is C41H57N3O8S. The SMILES string of the molecule is CCc1cnc2c3cc(ccc13)CCCC(C)(C)COC(=O)C[C@@H](C(C)(C)C)C(=O)N1C[C@H](CC1C(=O)C[C@]1(C(=O)NS(=O)(=O)C3CC3)C[C@@H]1CC)O2. The lowest BCUT2D eigenvalue weighted by atomic mass is 9.77. The van der Waals surface area contributed by atoms with Crippen LogP contribution >= 0.6 is 0 Å². The first-order chi connectivity index (χ1) is 24.9. The molecule has 3 fully saturated rings. The number of esters is 1. The van der Waals surface area contributed by atoms with Crippen molar-refractivity contribution in [3.63, 3.8) is 0 Å². The van der Waals surface area contributed by atoms with E-state index in [9.17, 15) is 27.6 Å². The van der Waals surface area contributed by atoms with Gasteiger partial charge in [0.2, 0.25) is 27.7 Å². The van der Waals surface area contributed by atoms with Crippen molar-refractivity contribution in [2.75, 3.05) is 13.2 Å². The fourth-order valence-corrected chi connectivity index (χ4v) is 9.75. The van der Waals surface area contributed by atoms with E-state index in [0.717, 1.165) is 47.6 Å². The van der Waals surface area contributed by atoms with E-state index in [0.29, 0.717) is 31.6 Å². The van der Waals surface area contributed by atoms with Crippen molar-refractivity contribution >= 4 is 44.4 Å². The van der Waals surface area contributed by atoms with E-state index < -0.39 is 56.0 Å². The number of amides is 2. The van der Waals surface area contributed by atoms with Gasteiger partial charge in [-0.25, -0.2) is 13.4 Å². The van der Waals surface area contributed by atoms with E-state index in [1.165, 1.54) is 4.90 Å². The number of hydrogen-bond donors (Lipinski definition) is 1. The maximum absolute atomic E-state index is 14.7. The van der Waals surface area contributed by atoms with Crippen LogP contribution in [0.3, 0.4) is 0 Å². The number of cyclic esters (lactones) is 1. The zero-order chi connectivity index (χ0) is 38.5. The summed E-state index contributed by atoms with van der Waals surface area (Å²) < 4.78 is 40.3. The summed E-state index contributed by atoms with van der Waals surface area (Å²) in [7, 11) is -3.81. The van der Waals surface area contributed by atoms with Gasteiger partial charge in [0, 0.05) is 24.4 Å². The highest BCUT2D eigenvalue weighted by Crippen LogP contribution is 2.58. The monoisotopic (exact) mass is 751 g/mol. The van der Waals surface area contributed by atoms with E-state index in [-0.39, 0.29) is 55.4 Å².